The fourth-order valence-electron chi connectivity index (χ4n) is 8.99. The minimum Gasteiger partial charge on any atom is -0.508 e. The number of benzene rings is 3. The summed E-state index contributed by atoms with van der Waals surface area (Å²) in [5.41, 5.74) is -3.59. The van der Waals surface area contributed by atoms with Crippen LogP contribution in [0.3, 0.4) is 0 Å². The van der Waals surface area contributed by atoms with Gasteiger partial charge in [0, 0.05) is 17.9 Å². The first kappa shape index (κ1) is 33.7. The second-order valence-corrected chi connectivity index (χ2v) is 14.1. The molecule has 52 heavy (non-hydrogen) atoms. The monoisotopic (exact) mass is 722 g/mol. The molecule has 8 rings (SSSR count). The Morgan fingerprint density at radius 2 is 1.46 bits per heavy atom. The molecule has 1 saturated carbocycles. The number of phenols is 1. The Bertz CT molecular complexity index is 2110. The average Bonchev–Trinajstić information content (AvgIpc) is 3.46. The number of amides is 4. The highest BCUT2D eigenvalue weighted by atomic mass is 19.4. The summed E-state index contributed by atoms with van der Waals surface area (Å²) in [4.78, 5) is 58.6. The van der Waals surface area contributed by atoms with E-state index in [-0.39, 0.29) is 31.1 Å². The van der Waals surface area contributed by atoms with Crippen LogP contribution in [-0.2, 0) is 38.0 Å². The van der Waals surface area contributed by atoms with Gasteiger partial charge in [-0.3, -0.25) is 19.2 Å². The number of rotatable bonds is 3. The lowest BCUT2D eigenvalue weighted by molar-refractivity contribution is -0.143. The van der Waals surface area contributed by atoms with Crippen LogP contribution in [0.1, 0.15) is 36.5 Å². The highest BCUT2D eigenvalue weighted by Crippen LogP contribution is 2.63. The molecule has 0 spiro atoms. The number of halogens is 6. The van der Waals surface area contributed by atoms with Crippen molar-refractivity contribution in [1.29, 1.82) is 0 Å². The predicted molar refractivity (Wildman–Crippen MR) is 171 cm³/mol. The van der Waals surface area contributed by atoms with Crippen LogP contribution in [0.15, 0.2) is 90.2 Å². The molecular weight excluding hydrogens is 694 g/mol. The maximum atomic E-state index is 14.6. The van der Waals surface area contributed by atoms with Crippen LogP contribution in [0.4, 0.5) is 37.7 Å². The lowest BCUT2D eigenvalue weighted by Gasteiger charge is -2.49. The molecule has 4 amide bonds. The van der Waals surface area contributed by atoms with Gasteiger partial charge in [-0.15, -0.1) is 0 Å². The van der Waals surface area contributed by atoms with Gasteiger partial charge in [-0.05, 0) is 79.8 Å². The third-order valence-corrected chi connectivity index (χ3v) is 11.3. The second kappa shape index (κ2) is 11.3. The van der Waals surface area contributed by atoms with Crippen molar-refractivity contribution >= 4 is 35.0 Å². The molecule has 268 valence electrons. The number of alkyl halides is 6. The van der Waals surface area contributed by atoms with Crippen LogP contribution in [0.25, 0.3) is 0 Å². The molecule has 3 fully saturated rings. The maximum absolute atomic E-state index is 14.6. The number of fused-ring (bicyclic) bond motifs is 5. The molecule has 8 nitrogen and oxygen atoms in total. The van der Waals surface area contributed by atoms with Crippen molar-refractivity contribution in [3.63, 3.8) is 0 Å². The summed E-state index contributed by atoms with van der Waals surface area (Å²) in [7, 11) is 0. The van der Waals surface area contributed by atoms with Crippen LogP contribution < -0.4 is 14.5 Å². The Balaban J connectivity index is 1.24. The molecule has 3 aromatic carbocycles. The zero-order valence-corrected chi connectivity index (χ0v) is 27.2. The van der Waals surface area contributed by atoms with Crippen molar-refractivity contribution in [3.05, 3.63) is 107 Å². The van der Waals surface area contributed by atoms with E-state index in [4.69, 9.17) is 4.74 Å². The number of anilines is 2. The largest absolute Gasteiger partial charge is 0.508 e. The molecule has 3 aliphatic heterocycles. The molecular formula is C38H28F6N2O6. The van der Waals surface area contributed by atoms with Gasteiger partial charge in [0.2, 0.25) is 23.6 Å². The third-order valence-electron chi connectivity index (χ3n) is 11.3. The number of phenolic OH excluding ortho intramolecular Hbond substituents is 1. The van der Waals surface area contributed by atoms with Crippen molar-refractivity contribution in [2.24, 2.45) is 35.0 Å². The van der Waals surface area contributed by atoms with E-state index >= 15 is 0 Å². The van der Waals surface area contributed by atoms with Crippen LogP contribution in [0.2, 0.25) is 0 Å². The average molecular weight is 723 g/mol. The number of nitrogens with zero attached hydrogens (tertiary/aromatic N) is 2. The summed E-state index contributed by atoms with van der Waals surface area (Å²) in [6.07, 6.45) is -7.23. The van der Waals surface area contributed by atoms with Crippen molar-refractivity contribution in [2.45, 2.75) is 38.5 Å². The van der Waals surface area contributed by atoms with E-state index in [2.05, 4.69) is 0 Å². The number of allylic oxidation sites excluding steroid dienone is 3. The summed E-state index contributed by atoms with van der Waals surface area (Å²) in [5.74, 6) is -7.69. The maximum Gasteiger partial charge on any atom is 0.416 e. The van der Waals surface area contributed by atoms with E-state index in [1.807, 2.05) is 0 Å². The van der Waals surface area contributed by atoms with Gasteiger partial charge >= 0.3 is 12.4 Å². The second-order valence-electron chi connectivity index (χ2n) is 14.1. The molecule has 2 saturated heterocycles. The first-order valence-corrected chi connectivity index (χ1v) is 16.5. The zero-order valence-electron chi connectivity index (χ0n) is 27.2. The Labute approximate surface area is 292 Å². The summed E-state index contributed by atoms with van der Waals surface area (Å²) in [6.45, 7) is 1.67. The number of carbonyl (C=O) groups is 4. The number of hydrogen-bond donors (Lipinski definition) is 1. The van der Waals surface area contributed by atoms with Gasteiger partial charge in [0.25, 0.3) is 0 Å². The quantitative estimate of drug-likeness (QED) is 0.174. The number of imide groups is 2. The van der Waals surface area contributed by atoms with Gasteiger partial charge in [0.1, 0.15) is 11.5 Å². The van der Waals surface area contributed by atoms with E-state index < -0.39 is 87.8 Å². The number of para-hydroxylation sites is 1. The molecule has 6 atom stereocenters. The highest BCUT2D eigenvalue weighted by molar-refractivity contribution is 6.25. The normalized spacial score (nSPS) is 28.5. The van der Waals surface area contributed by atoms with Gasteiger partial charge in [-0.1, -0.05) is 29.8 Å². The third kappa shape index (κ3) is 4.90. The number of aromatic hydroxyl groups is 1. The van der Waals surface area contributed by atoms with Crippen molar-refractivity contribution in [1.82, 2.24) is 0 Å². The summed E-state index contributed by atoms with van der Waals surface area (Å²) in [5, 5.41) is 10.2. The molecule has 5 aliphatic rings. The Hall–Kier alpha value is -5.40. The molecule has 14 heteroatoms. The molecule has 0 bridgehead atoms. The molecule has 1 N–H and O–H groups in total. The Morgan fingerprint density at radius 3 is 2.12 bits per heavy atom. The van der Waals surface area contributed by atoms with Crippen LogP contribution in [0, 0.1) is 35.0 Å². The highest BCUT2D eigenvalue weighted by Gasteiger charge is 2.68. The number of ether oxygens (including phenoxy) is 1. The van der Waals surface area contributed by atoms with Gasteiger partial charge in [-0.2, -0.15) is 26.3 Å². The minimum absolute atomic E-state index is 0.0327. The van der Waals surface area contributed by atoms with E-state index in [0.29, 0.717) is 45.2 Å². The lowest BCUT2D eigenvalue weighted by Crippen LogP contribution is -2.51. The molecule has 0 radical (unpaired) electrons. The Morgan fingerprint density at radius 1 is 0.788 bits per heavy atom. The number of carbonyl (C=O) groups excluding carboxylic acids is 4. The van der Waals surface area contributed by atoms with Crippen LogP contribution in [0.5, 0.6) is 11.5 Å². The SMILES string of the molecule is C[C@@]12C(=O)N(c3ccccc3)C(=O)[C@@H]1C[C@@H]1C(=CC[C@@H]3C(=O)N(c4cc(C(F)(F)F)cc(C(F)(F)F)c4)C(=O)[C@@H]31)[C@@H]2C1=COc2ccc(O)cc2C1. The van der Waals surface area contributed by atoms with E-state index in [9.17, 15) is 50.6 Å². The van der Waals surface area contributed by atoms with Gasteiger partial charge in [0.05, 0.1) is 51.9 Å². The fraction of sp³-hybridized carbons (Fsp3) is 0.316. The molecule has 0 unspecified atom stereocenters. The molecule has 0 aromatic heterocycles. The fourth-order valence-corrected chi connectivity index (χ4v) is 8.99. The molecule has 3 heterocycles. The van der Waals surface area contributed by atoms with Gasteiger partial charge in [0.15, 0.2) is 0 Å². The zero-order chi connectivity index (χ0) is 37.1. The minimum atomic E-state index is -5.21. The number of hydrogen-bond acceptors (Lipinski definition) is 6. The Kier molecular flexibility index (Phi) is 7.33. The smallest absolute Gasteiger partial charge is 0.416 e. The van der Waals surface area contributed by atoms with Crippen molar-refractivity contribution in [3.8, 4) is 11.5 Å². The summed E-state index contributed by atoms with van der Waals surface area (Å²) in [6, 6.07) is 13.4. The predicted octanol–water partition coefficient (Wildman–Crippen LogP) is 7.22. The van der Waals surface area contributed by atoms with E-state index in [0.717, 1.165) is 4.90 Å². The van der Waals surface area contributed by atoms with Gasteiger partial charge in [-0.25, -0.2) is 9.80 Å². The standard InChI is InChI=1S/C38H28F6N2O6/c1-36-28(33(49)46(35(36)51)22-5-3-2-4-6-22)16-27-25(31(36)19-11-18-12-24(47)7-10-29(18)52-17-19)8-9-26-30(27)34(50)45(32(26)48)23-14-20(37(39,40)41)13-21(15-23)38(42,43)44/h2-8,10,12-15,17,26-28,30-31,47H,9,11,16H2,1H3/t26-,27+,28-,30-,31-,36+/m0/s1. The summed E-state index contributed by atoms with van der Waals surface area (Å²) < 4.78 is 88.7. The molecule has 3 aromatic rings. The molecule has 2 aliphatic carbocycles. The topological polar surface area (TPSA) is 104 Å². The summed E-state index contributed by atoms with van der Waals surface area (Å²) >= 11 is 0. The first-order valence-electron chi connectivity index (χ1n) is 16.5. The van der Waals surface area contributed by atoms with E-state index in [1.165, 1.54) is 18.4 Å². The first-order chi connectivity index (χ1) is 24.5. The van der Waals surface area contributed by atoms with Crippen molar-refractivity contribution < 1.29 is 55.4 Å². The van der Waals surface area contributed by atoms with E-state index in [1.54, 1.807) is 49.4 Å². The van der Waals surface area contributed by atoms with Crippen LogP contribution in [-0.4, -0.2) is 28.7 Å². The lowest BCUT2D eigenvalue weighted by atomic mass is 9.51. The van der Waals surface area contributed by atoms with Crippen LogP contribution >= 0.6 is 0 Å². The van der Waals surface area contributed by atoms with Gasteiger partial charge < -0.3 is 9.84 Å². The van der Waals surface area contributed by atoms with Crippen molar-refractivity contribution in [2.75, 3.05) is 9.80 Å².